The molecular weight excluding hydrogens is 348 g/mol. The lowest BCUT2D eigenvalue weighted by Crippen LogP contribution is -2.51. The number of likely N-dealkylation sites (tertiary alicyclic amines) is 1. The molecule has 1 aliphatic heterocycles. The summed E-state index contributed by atoms with van der Waals surface area (Å²) in [6.07, 6.45) is 3.08. The first-order chi connectivity index (χ1) is 13.7. The van der Waals surface area contributed by atoms with Gasteiger partial charge in [-0.2, -0.15) is 0 Å². The number of aliphatic hydroxyl groups is 1. The molecule has 2 unspecified atom stereocenters. The number of rotatable bonds is 8. The summed E-state index contributed by atoms with van der Waals surface area (Å²) in [4.78, 5) is 2.40. The van der Waals surface area contributed by atoms with E-state index in [4.69, 9.17) is 4.74 Å². The van der Waals surface area contributed by atoms with E-state index in [1.807, 2.05) is 30.3 Å². The Hall–Kier alpha value is -1.88. The number of benzene rings is 2. The molecule has 1 saturated carbocycles. The maximum atomic E-state index is 10.5. The summed E-state index contributed by atoms with van der Waals surface area (Å²) >= 11 is 0. The highest BCUT2D eigenvalue weighted by atomic mass is 16.5. The van der Waals surface area contributed by atoms with Gasteiger partial charge in [-0.15, -0.1) is 0 Å². The number of ether oxygens (including phenoxy) is 1. The summed E-state index contributed by atoms with van der Waals surface area (Å²) < 4.78 is 5.73. The predicted molar refractivity (Wildman–Crippen MR) is 113 cm³/mol. The lowest BCUT2D eigenvalue weighted by molar-refractivity contribution is 0.0145. The Bertz CT molecular complexity index is 716. The van der Waals surface area contributed by atoms with E-state index in [1.54, 1.807) is 0 Å². The van der Waals surface area contributed by atoms with Gasteiger partial charge in [-0.05, 0) is 43.9 Å². The van der Waals surface area contributed by atoms with Crippen molar-refractivity contribution in [3.63, 3.8) is 0 Å². The molecule has 0 bridgehead atoms. The Morgan fingerprint density at radius 2 is 1.68 bits per heavy atom. The lowest BCUT2D eigenvalue weighted by Gasteiger charge is -2.38. The van der Waals surface area contributed by atoms with Crippen molar-refractivity contribution in [3.05, 3.63) is 66.2 Å². The van der Waals surface area contributed by atoms with Crippen LogP contribution in [0.1, 0.15) is 37.7 Å². The molecule has 0 radical (unpaired) electrons. The molecule has 2 aliphatic rings. The van der Waals surface area contributed by atoms with E-state index < -0.39 is 6.10 Å². The van der Waals surface area contributed by atoms with Crippen LogP contribution in [0.5, 0.6) is 5.75 Å². The van der Waals surface area contributed by atoms with Crippen LogP contribution in [0.25, 0.3) is 0 Å². The quantitative estimate of drug-likeness (QED) is 0.737. The van der Waals surface area contributed by atoms with E-state index in [0.717, 1.165) is 31.7 Å². The monoisotopic (exact) mass is 380 g/mol. The van der Waals surface area contributed by atoms with Gasteiger partial charge < -0.3 is 15.2 Å². The fourth-order valence-electron chi connectivity index (χ4n) is 4.30. The van der Waals surface area contributed by atoms with E-state index in [9.17, 15) is 5.11 Å². The molecule has 0 amide bonds. The van der Waals surface area contributed by atoms with Crippen LogP contribution < -0.4 is 10.1 Å². The smallest absolute Gasteiger partial charge is 0.119 e. The maximum absolute atomic E-state index is 10.5. The topological polar surface area (TPSA) is 44.7 Å². The third kappa shape index (κ3) is 4.93. The standard InChI is InChI=1S/C24H32N2O2/c1-18(24(27)17-28-21-10-6-3-7-11-21)26-14-12-20(13-15-26)25-23-16-22(23)19-8-4-2-5-9-19/h2-11,18,20,22-25,27H,12-17H2,1H3/t18?,22-,23+,24?/m1/s1. The minimum absolute atomic E-state index is 0.114. The minimum atomic E-state index is -0.476. The van der Waals surface area contributed by atoms with Crippen LogP contribution in [0.3, 0.4) is 0 Å². The van der Waals surface area contributed by atoms with Crippen molar-refractivity contribution < 1.29 is 9.84 Å². The van der Waals surface area contributed by atoms with Gasteiger partial charge in [0.05, 0.1) is 0 Å². The van der Waals surface area contributed by atoms with Gasteiger partial charge in [0.2, 0.25) is 0 Å². The molecule has 4 heteroatoms. The number of para-hydroxylation sites is 1. The molecule has 28 heavy (non-hydrogen) atoms. The summed E-state index contributed by atoms with van der Waals surface area (Å²) in [6, 6.07) is 21.9. The van der Waals surface area contributed by atoms with Crippen LogP contribution in [0.2, 0.25) is 0 Å². The number of aliphatic hydroxyl groups excluding tert-OH is 1. The zero-order chi connectivity index (χ0) is 19.3. The minimum Gasteiger partial charge on any atom is -0.491 e. The number of hydrogen-bond donors (Lipinski definition) is 2. The molecule has 4 rings (SSSR count). The number of nitrogens with zero attached hydrogens (tertiary/aromatic N) is 1. The van der Waals surface area contributed by atoms with E-state index in [0.29, 0.717) is 24.6 Å². The summed E-state index contributed by atoms with van der Waals surface area (Å²) in [7, 11) is 0. The number of piperidine rings is 1. The third-order valence-electron chi connectivity index (χ3n) is 6.29. The maximum Gasteiger partial charge on any atom is 0.119 e. The molecule has 4 nitrogen and oxygen atoms in total. The molecule has 0 aromatic heterocycles. The van der Waals surface area contributed by atoms with Crippen LogP contribution in [0.15, 0.2) is 60.7 Å². The predicted octanol–water partition coefficient (Wildman–Crippen LogP) is 3.42. The first kappa shape index (κ1) is 19.4. The summed E-state index contributed by atoms with van der Waals surface area (Å²) in [6.45, 7) is 4.51. The summed E-state index contributed by atoms with van der Waals surface area (Å²) in [5.74, 6) is 1.50. The zero-order valence-corrected chi connectivity index (χ0v) is 16.7. The third-order valence-corrected chi connectivity index (χ3v) is 6.29. The van der Waals surface area contributed by atoms with Crippen molar-refractivity contribution in [2.75, 3.05) is 19.7 Å². The highest BCUT2D eigenvalue weighted by molar-refractivity contribution is 5.27. The second-order valence-corrected chi connectivity index (χ2v) is 8.27. The Balaban J connectivity index is 1.18. The van der Waals surface area contributed by atoms with Gasteiger partial charge in [-0.1, -0.05) is 48.5 Å². The van der Waals surface area contributed by atoms with Gasteiger partial charge in [0.15, 0.2) is 0 Å². The normalized spacial score (nSPS) is 25.2. The van der Waals surface area contributed by atoms with Crippen molar-refractivity contribution in [1.82, 2.24) is 10.2 Å². The molecule has 1 saturated heterocycles. The highest BCUT2D eigenvalue weighted by Gasteiger charge is 2.40. The average Bonchev–Trinajstić information content (AvgIpc) is 3.52. The zero-order valence-electron chi connectivity index (χ0n) is 16.7. The molecule has 1 heterocycles. The summed E-state index contributed by atoms with van der Waals surface area (Å²) in [5.41, 5.74) is 1.47. The first-order valence-corrected chi connectivity index (χ1v) is 10.6. The highest BCUT2D eigenvalue weighted by Crippen LogP contribution is 2.41. The van der Waals surface area contributed by atoms with Crippen molar-refractivity contribution >= 4 is 0 Å². The van der Waals surface area contributed by atoms with E-state index in [1.165, 1.54) is 12.0 Å². The molecule has 2 N–H and O–H groups in total. The van der Waals surface area contributed by atoms with E-state index in [2.05, 4.69) is 47.5 Å². The Morgan fingerprint density at radius 3 is 2.36 bits per heavy atom. The first-order valence-electron chi connectivity index (χ1n) is 10.6. The summed E-state index contributed by atoms with van der Waals surface area (Å²) in [5, 5.41) is 14.4. The molecule has 150 valence electrons. The van der Waals surface area contributed by atoms with E-state index in [-0.39, 0.29) is 6.04 Å². The van der Waals surface area contributed by atoms with Gasteiger partial charge >= 0.3 is 0 Å². The number of hydrogen-bond acceptors (Lipinski definition) is 4. The molecule has 4 atom stereocenters. The van der Waals surface area contributed by atoms with Gasteiger partial charge in [-0.25, -0.2) is 0 Å². The SMILES string of the molecule is CC(C(O)COc1ccccc1)N1CCC(N[C@H]2C[C@@H]2c2ccccc2)CC1. The Morgan fingerprint density at radius 1 is 1.04 bits per heavy atom. The fourth-order valence-corrected chi connectivity index (χ4v) is 4.30. The van der Waals surface area contributed by atoms with E-state index >= 15 is 0 Å². The molecule has 2 fully saturated rings. The van der Waals surface area contributed by atoms with Gasteiger partial charge in [-0.3, -0.25) is 4.90 Å². The molecular formula is C24H32N2O2. The molecule has 2 aromatic carbocycles. The van der Waals surface area contributed by atoms with Crippen LogP contribution in [-0.4, -0.2) is 53.9 Å². The van der Waals surface area contributed by atoms with Gasteiger partial charge in [0, 0.05) is 37.1 Å². The second kappa shape index (κ2) is 9.08. The van der Waals surface area contributed by atoms with Crippen LogP contribution in [-0.2, 0) is 0 Å². The average molecular weight is 381 g/mol. The molecule has 0 spiro atoms. The van der Waals surface area contributed by atoms with Gasteiger partial charge in [0.1, 0.15) is 18.5 Å². The van der Waals surface area contributed by atoms with Crippen molar-refractivity contribution in [2.24, 2.45) is 0 Å². The fraction of sp³-hybridized carbons (Fsp3) is 0.500. The van der Waals surface area contributed by atoms with Crippen LogP contribution in [0.4, 0.5) is 0 Å². The molecule has 2 aromatic rings. The van der Waals surface area contributed by atoms with Gasteiger partial charge in [0.25, 0.3) is 0 Å². The lowest BCUT2D eigenvalue weighted by atomic mass is 10.0. The van der Waals surface area contributed by atoms with Crippen LogP contribution in [0, 0.1) is 0 Å². The van der Waals surface area contributed by atoms with Crippen molar-refractivity contribution in [2.45, 2.75) is 56.3 Å². The Labute approximate surface area is 168 Å². The van der Waals surface area contributed by atoms with Crippen molar-refractivity contribution in [3.8, 4) is 5.75 Å². The van der Waals surface area contributed by atoms with Crippen LogP contribution >= 0.6 is 0 Å². The second-order valence-electron chi connectivity index (χ2n) is 8.27. The largest absolute Gasteiger partial charge is 0.491 e. The number of nitrogens with one attached hydrogen (secondary N) is 1. The Kier molecular flexibility index (Phi) is 6.30. The molecule has 1 aliphatic carbocycles. The van der Waals surface area contributed by atoms with Crippen molar-refractivity contribution in [1.29, 1.82) is 0 Å².